The molecule has 1 aliphatic heterocycles. The maximum absolute atomic E-state index is 13.3. The highest BCUT2D eigenvalue weighted by molar-refractivity contribution is 7.92. The van der Waals surface area contributed by atoms with E-state index in [9.17, 15) is 12.8 Å². The van der Waals surface area contributed by atoms with Crippen molar-refractivity contribution in [2.75, 3.05) is 35.9 Å². The van der Waals surface area contributed by atoms with Gasteiger partial charge in [0.1, 0.15) is 5.82 Å². The Morgan fingerprint density at radius 3 is 2.52 bits per heavy atom. The molecular weight excluding hydrogens is 319 g/mol. The summed E-state index contributed by atoms with van der Waals surface area (Å²) >= 11 is 0. The molecule has 0 saturated carbocycles. The van der Waals surface area contributed by atoms with Crippen molar-refractivity contribution in [2.24, 2.45) is 0 Å². The van der Waals surface area contributed by atoms with Gasteiger partial charge >= 0.3 is 0 Å². The number of benzene rings is 2. The Morgan fingerprint density at radius 2 is 1.78 bits per heavy atom. The average molecular weight is 336 g/mol. The molecule has 2 aromatic rings. The maximum atomic E-state index is 13.3. The van der Waals surface area contributed by atoms with Crippen molar-refractivity contribution in [1.82, 2.24) is 0 Å². The highest BCUT2D eigenvalue weighted by atomic mass is 32.2. The number of nitrogens with zero attached hydrogens (tertiary/aromatic N) is 1. The highest BCUT2D eigenvalue weighted by Gasteiger charge is 2.19. The van der Waals surface area contributed by atoms with Crippen LogP contribution in [0.4, 0.5) is 15.8 Å². The molecule has 1 saturated heterocycles. The van der Waals surface area contributed by atoms with Crippen molar-refractivity contribution in [3.8, 4) is 0 Å². The summed E-state index contributed by atoms with van der Waals surface area (Å²) < 4.78 is 46.1. The van der Waals surface area contributed by atoms with E-state index >= 15 is 0 Å². The molecular formula is C16H17FN2O3S. The molecule has 0 bridgehead atoms. The second-order valence-corrected chi connectivity index (χ2v) is 6.86. The van der Waals surface area contributed by atoms with Gasteiger partial charge in [0, 0.05) is 13.1 Å². The average Bonchev–Trinajstić information content (AvgIpc) is 2.56. The Kier molecular flexibility index (Phi) is 4.49. The van der Waals surface area contributed by atoms with E-state index in [1.807, 2.05) is 12.1 Å². The van der Waals surface area contributed by atoms with Crippen LogP contribution in [-0.4, -0.2) is 34.7 Å². The van der Waals surface area contributed by atoms with E-state index in [4.69, 9.17) is 4.74 Å². The van der Waals surface area contributed by atoms with Gasteiger partial charge in [0.05, 0.1) is 29.5 Å². The van der Waals surface area contributed by atoms with Crippen molar-refractivity contribution in [1.29, 1.82) is 0 Å². The summed E-state index contributed by atoms with van der Waals surface area (Å²) in [6, 6.07) is 12.1. The SMILES string of the molecule is O=S(=O)(Nc1ccccc1N1CCOCC1)c1cccc(F)c1. The fourth-order valence-corrected chi connectivity index (χ4v) is 3.58. The molecule has 1 heterocycles. The predicted octanol–water partition coefficient (Wildman–Crippen LogP) is 2.46. The summed E-state index contributed by atoms with van der Waals surface area (Å²) in [6.45, 7) is 2.59. The Balaban J connectivity index is 1.90. The lowest BCUT2D eigenvalue weighted by molar-refractivity contribution is 0.123. The molecule has 5 nitrogen and oxygen atoms in total. The van der Waals surface area contributed by atoms with E-state index in [1.54, 1.807) is 12.1 Å². The summed E-state index contributed by atoms with van der Waals surface area (Å²) in [7, 11) is -3.84. The molecule has 7 heteroatoms. The van der Waals surface area contributed by atoms with Gasteiger partial charge in [-0.3, -0.25) is 4.72 Å². The van der Waals surface area contributed by atoms with Gasteiger partial charge in [0.2, 0.25) is 0 Å². The van der Waals surface area contributed by atoms with Crippen LogP contribution in [0.25, 0.3) is 0 Å². The fraction of sp³-hybridized carbons (Fsp3) is 0.250. The first-order valence-electron chi connectivity index (χ1n) is 7.26. The first-order chi connectivity index (χ1) is 11.1. The number of para-hydroxylation sites is 2. The maximum Gasteiger partial charge on any atom is 0.262 e. The smallest absolute Gasteiger partial charge is 0.262 e. The van der Waals surface area contributed by atoms with Crippen LogP contribution in [0.3, 0.4) is 0 Å². The van der Waals surface area contributed by atoms with Gasteiger partial charge < -0.3 is 9.64 Å². The number of hydrogen-bond donors (Lipinski definition) is 1. The van der Waals surface area contributed by atoms with Gasteiger partial charge in [0.15, 0.2) is 0 Å². The van der Waals surface area contributed by atoms with Crippen molar-refractivity contribution in [3.05, 3.63) is 54.3 Å². The lowest BCUT2D eigenvalue weighted by atomic mass is 10.2. The third-order valence-electron chi connectivity index (χ3n) is 3.61. The number of halogens is 1. The Bertz CT molecular complexity index is 789. The molecule has 1 fully saturated rings. The molecule has 0 atom stereocenters. The minimum Gasteiger partial charge on any atom is -0.378 e. The lowest BCUT2D eigenvalue weighted by Crippen LogP contribution is -2.36. The van der Waals surface area contributed by atoms with E-state index in [-0.39, 0.29) is 4.90 Å². The molecule has 3 rings (SSSR count). The van der Waals surface area contributed by atoms with Crippen LogP contribution < -0.4 is 9.62 Å². The summed E-state index contributed by atoms with van der Waals surface area (Å²) in [4.78, 5) is 1.96. The van der Waals surface area contributed by atoms with Crippen LogP contribution in [0.5, 0.6) is 0 Å². The van der Waals surface area contributed by atoms with Gasteiger partial charge in [-0.05, 0) is 30.3 Å². The van der Waals surface area contributed by atoms with Crippen molar-refractivity contribution in [2.45, 2.75) is 4.90 Å². The molecule has 0 spiro atoms. The number of ether oxygens (including phenoxy) is 1. The molecule has 0 radical (unpaired) electrons. The summed E-state index contributed by atoms with van der Waals surface area (Å²) in [5.41, 5.74) is 1.26. The molecule has 1 aliphatic rings. The quantitative estimate of drug-likeness (QED) is 0.932. The predicted molar refractivity (Wildman–Crippen MR) is 86.7 cm³/mol. The monoisotopic (exact) mass is 336 g/mol. The van der Waals surface area contributed by atoms with E-state index in [1.165, 1.54) is 18.2 Å². The third-order valence-corrected chi connectivity index (χ3v) is 4.97. The van der Waals surface area contributed by atoms with Gasteiger partial charge in [-0.2, -0.15) is 0 Å². The number of nitrogens with one attached hydrogen (secondary N) is 1. The number of sulfonamides is 1. The van der Waals surface area contributed by atoms with Gasteiger partial charge in [-0.15, -0.1) is 0 Å². The normalized spacial score (nSPS) is 15.4. The molecule has 1 N–H and O–H groups in total. The zero-order chi connectivity index (χ0) is 16.3. The van der Waals surface area contributed by atoms with E-state index in [2.05, 4.69) is 9.62 Å². The van der Waals surface area contributed by atoms with Crippen LogP contribution in [0.15, 0.2) is 53.4 Å². The Hall–Kier alpha value is -2.12. The largest absolute Gasteiger partial charge is 0.378 e. The number of hydrogen-bond acceptors (Lipinski definition) is 4. The Morgan fingerprint density at radius 1 is 1.04 bits per heavy atom. The van der Waals surface area contributed by atoms with Gasteiger partial charge in [0.25, 0.3) is 10.0 Å². The highest BCUT2D eigenvalue weighted by Crippen LogP contribution is 2.28. The van der Waals surface area contributed by atoms with Crippen LogP contribution >= 0.6 is 0 Å². The third kappa shape index (κ3) is 3.62. The van der Waals surface area contributed by atoms with Crippen molar-refractivity contribution in [3.63, 3.8) is 0 Å². The molecule has 23 heavy (non-hydrogen) atoms. The van der Waals surface area contributed by atoms with Crippen LogP contribution in [0.2, 0.25) is 0 Å². The first-order valence-corrected chi connectivity index (χ1v) is 8.75. The zero-order valence-corrected chi connectivity index (χ0v) is 13.2. The van der Waals surface area contributed by atoms with Crippen LogP contribution in [0, 0.1) is 5.82 Å². The van der Waals surface area contributed by atoms with Crippen molar-refractivity contribution >= 4 is 21.4 Å². The second-order valence-electron chi connectivity index (χ2n) is 5.18. The minimum atomic E-state index is -3.84. The molecule has 0 amide bonds. The molecule has 0 aliphatic carbocycles. The lowest BCUT2D eigenvalue weighted by Gasteiger charge is -2.30. The standard InChI is InChI=1S/C16H17FN2O3S/c17-13-4-3-5-14(12-13)23(20,21)18-15-6-1-2-7-16(15)19-8-10-22-11-9-19/h1-7,12,18H,8-11H2. The minimum absolute atomic E-state index is 0.103. The second kappa shape index (κ2) is 6.55. The molecule has 0 unspecified atom stereocenters. The summed E-state index contributed by atoms with van der Waals surface area (Å²) in [5.74, 6) is -0.589. The first kappa shape index (κ1) is 15.8. The van der Waals surface area contributed by atoms with E-state index in [0.717, 1.165) is 11.8 Å². The Labute approximate surface area is 134 Å². The molecule has 0 aromatic heterocycles. The van der Waals surface area contributed by atoms with E-state index in [0.29, 0.717) is 32.0 Å². The topological polar surface area (TPSA) is 58.6 Å². The summed E-state index contributed by atoms with van der Waals surface area (Å²) in [5, 5.41) is 0. The summed E-state index contributed by atoms with van der Waals surface area (Å²) in [6.07, 6.45) is 0. The van der Waals surface area contributed by atoms with Crippen LogP contribution in [0.1, 0.15) is 0 Å². The zero-order valence-electron chi connectivity index (χ0n) is 12.4. The van der Waals surface area contributed by atoms with E-state index < -0.39 is 15.8 Å². The number of anilines is 2. The van der Waals surface area contributed by atoms with Crippen LogP contribution in [-0.2, 0) is 14.8 Å². The molecule has 2 aromatic carbocycles. The van der Waals surface area contributed by atoms with Gasteiger partial charge in [-0.25, -0.2) is 12.8 Å². The van der Waals surface area contributed by atoms with Gasteiger partial charge in [-0.1, -0.05) is 18.2 Å². The number of rotatable bonds is 4. The number of morpholine rings is 1. The fourth-order valence-electron chi connectivity index (χ4n) is 2.48. The molecule has 122 valence electrons. The van der Waals surface area contributed by atoms with Crippen molar-refractivity contribution < 1.29 is 17.5 Å².